The molecule has 0 aliphatic carbocycles. The van der Waals surface area contributed by atoms with Crippen LogP contribution in [0.25, 0.3) is 0 Å². The summed E-state index contributed by atoms with van der Waals surface area (Å²) in [6.45, 7) is 2.66. The maximum Gasteiger partial charge on any atom is 0.327 e. The van der Waals surface area contributed by atoms with Gasteiger partial charge in [0.1, 0.15) is 6.04 Å². The number of aromatic nitrogens is 2. The molecule has 0 aliphatic heterocycles. The first-order valence-corrected chi connectivity index (χ1v) is 7.39. The summed E-state index contributed by atoms with van der Waals surface area (Å²) < 4.78 is 6.64. The van der Waals surface area contributed by atoms with Crippen LogP contribution in [0.2, 0.25) is 0 Å². The van der Waals surface area contributed by atoms with Crippen molar-refractivity contribution >= 4 is 17.3 Å². The smallest absolute Gasteiger partial charge is 0.327 e. The van der Waals surface area contributed by atoms with Crippen molar-refractivity contribution in [3.8, 4) is 0 Å². The van der Waals surface area contributed by atoms with Crippen LogP contribution in [0.1, 0.15) is 29.1 Å². The van der Waals surface area contributed by atoms with E-state index < -0.39 is 6.04 Å². The predicted molar refractivity (Wildman–Crippen MR) is 78.5 cm³/mol. The fourth-order valence-corrected chi connectivity index (χ4v) is 2.78. The Balaban J connectivity index is 2.20. The molecule has 2 rings (SSSR count). The zero-order chi connectivity index (χ0) is 14.5. The van der Waals surface area contributed by atoms with E-state index in [0.29, 0.717) is 6.54 Å². The van der Waals surface area contributed by atoms with E-state index in [1.54, 1.807) is 16.0 Å². The van der Waals surface area contributed by atoms with Crippen molar-refractivity contribution < 1.29 is 9.53 Å². The molecule has 0 aromatic carbocycles. The van der Waals surface area contributed by atoms with Gasteiger partial charge in [-0.25, -0.2) is 4.79 Å². The lowest BCUT2D eigenvalue weighted by Gasteiger charge is -2.15. The number of nitrogens with one attached hydrogen (secondary N) is 1. The molecule has 2 heterocycles. The zero-order valence-corrected chi connectivity index (χ0v) is 12.7. The molecular formula is C14H19N3O2S. The van der Waals surface area contributed by atoms with E-state index in [9.17, 15) is 4.79 Å². The van der Waals surface area contributed by atoms with E-state index in [4.69, 9.17) is 4.74 Å². The molecule has 0 bridgehead atoms. The Labute approximate surface area is 122 Å². The molecule has 1 atom stereocenters. The molecule has 1 unspecified atom stereocenters. The van der Waals surface area contributed by atoms with Crippen molar-refractivity contribution in [2.45, 2.75) is 25.9 Å². The maximum atomic E-state index is 12.0. The molecule has 5 nitrogen and oxygen atoms in total. The average Bonchev–Trinajstić information content (AvgIpc) is 3.08. The zero-order valence-electron chi connectivity index (χ0n) is 11.9. The van der Waals surface area contributed by atoms with Crippen molar-refractivity contribution in [3.05, 3.63) is 39.8 Å². The highest BCUT2D eigenvalue weighted by Crippen LogP contribution is 2.20. The second-order valence-electron chi connectivity index (χ2n) is 4.47. The third-order valence-electron chi connectivity index (χ3n) is 3.08. The summed E-state index contributed by atoms with van der Waals surface area (Å²) in [5.74, 6) is -0.288. The molecule has 0 spiro atoms. The standard InChI is InChI=1S/C14H19N3O2S/c1-4-12-11(9-17(2)16-12)13(14(18)19-3)15-8-10-6-5-7-20-10/h5-7,9,13,15H,4,8H2,1-3H3. The molecular weight excluding hydrogens is 274 g/mol. The highest BCUT2D eigenvalue weighted by atomic mass is 32.1. The van der Waals surface area contributed by atoms with Gasteiger partial charge in [-0.05, 0) is 17.9 Å². The summed E-state index contributed by atoms with van der Waals surface area (Å²) in [5.41, 5.74) is 1.81. The largest absolute Gasteiger partial charge is 0.468 e. The number of aryl methyl sites for hydroxylation is 2. The fourth-order valence-electron chi connectivity index (χ4n) is 2.12. The van der Waals surface area contributed by atoms with Gasteiger partial charge in [0.05, 0.1) is 12.8 Å². The van der Waals surface area contributed by atoms with Gasteiger partial charge in [0.2, 0.25) is 0 Å². The number of hydrogen-bond acceptors (Lipinski definition) is 5. The van der Waals surface area contributed by atoms with Crippen LogP contribution in [0.15, 0.2) is 23.7 Å². The fraction of sp³-hybridized carbons (Fsp3) is 0.429. The number of carbonyl (C=O) groups excluding carboxylic acids is 1. The van der Waals surface area contributed by atoms with Crippen molar-refractivity contribution in [2.24, 2.45) is 7.05 Å². The quantitative estimate of drug-likeness (QED) is 0.828. The third-order valence-corrected chi connectivity index (χ3v) is 3.96. The normalized spacial score (nSPS) is 12.3. The van der Waals surface area contributed by atoms with Crippen LogP contribution >= 0.6 is 11.3 Å². The minimum Gasteiger partial charge on any atom is -0.468 e. The number of methoxy groups -OCH3 is 1. The maximum absolute atomic E-state index is 12.0. The Morgan fingerprint density at radius 3 is 3.00 bits per heavy atom. The lowest BCUT2D eigenvalue weighted by atomic mass is 10.1. The molecule has 0 saturated carbocycles. The van der Waals surface area contributed by atoms with E-state index in [-0.39, 0.29) is 5.97 Å². The minimum atomic E-state index is -0.481. The molecule has 0 radical (unpaired) electrons. The Hall–Kier alpha value is -1.66. The van der Waals surface area contributed by atoms with Crippen molar-refractivity contribution in [3.63, 3.8) is 0 Å². The lowest BCUT2D eigenvalue weighted by Crippen LogP contribution is -2.29. The molecule has 1 N–H and O–H groups in total. The Bertz CT molecular complexity index is 563. The average molecular weight is 293 g/mol. The Morgan fingerprint density at radius 2 is 2.40 bits per heavy atom. The van der Waals surface area contributed by atoms with Crippen LogP contribution in [0.5, 0.6) is 0 Å². The van der Waals surface area contributed by atoms with Gasteiger partial charge < -0.3 is 4.74 Å². The van der Waals surface area contributed by atoms with Crippen LogP contribution in [0.3, 0.4) is 0 Å². The second-order valence-corrected chi connectivity index (χ2v) is 5.51. The number of nitrogens with zero attached hydrogens (tertiary/aromatic N) is 2. The van der Waals surface area contributed by atoms with E-state index >= 15 is 0 Å². The number of thiophene rings is 1. The highest BCUT2D eigenvalue weighted by Gasteiger charge is 2.25. The van der Waals surface area contributed by atoms with Gasteiger partial charge in [0.25, 0.3) is 0 Å². The summed E-state index contributed by atoms with van der Waals surface area (Å²) in [6.07, 6.45) is 2.66. The first-order valence-electron chi connectivity index (χ1n) is 6.51. The van der Waals surface area contributed by atoms with Gasteiger partial charge in [-0.3, -0.25) is 10.00 Å². The number of esters is 1. The van der Waals surface area contributed by atoms with Crippen LogP contribution in [-0.2, 0) is 29.5 Å². The SMILES string of the molecule is CCc1nn(C)cc1C(NCc1cccs1)C(=O)OC. The third kappa shape index (κ3) is 3.26. The summed E-state index contributed by atoms with van der Waals surface area (Å²) >= 11 is 1.66. The molecule has 2 aromatic heterocycles. The lowest BCUT2D eigenvalue weighted by molar-refractivity contribution is -0.143. The van der Waals surface area contributed by atoms with Gasteiger partial charge >= 0.3 is 5.97 Å². The first-order chi connectivity index (χ1) is 9.65. The Morgan fingerprint density at radius 1 is 1.60 bits per heavy atom. The van der Waals surface area contributed by atoms with Gasteiger partial charge in [-0.2, -0.15) is 5.10 Å². The Kier molecular flexibility index (Phi) is 4.92. The van der Waals surface area contributed by atoms with Crippen LogP contribution in [-0.4, -0.2) is 22.9 Å². The summed E-state index contributed by atoms with van der Waals surface area (Å²) in [5, 5.41) is 9.66. The van der Waals surface area contributed by atoms with Crippen molar-refractivity contribution in [1.82, 2.24) is 15.1 Å². The molecule has 0 fully saturated rings. The molecule has 0 saturated heterocycles. The highest BCUT2D eigenvalue weighted by molar-refractivity contribution is 7.09. The monoisotopic (exact) mass is 293 g/mol. The van der Waals surface area contributed by atoms with E-state index in [0.717, 1.165) is 17.7 Å². The van der Waals surface area contributed by atoms with Crippen molar-refractivity contribution in [1.29, 1.82) is 0 Å². The number of hydrogen-bond donors (Lipinski definition) is 1. The van der Waals surface area contributed by atoms with Crippen molar-refractivity contribution in [2.75, 3.05) is 7.11 Å². The van der Waals surface area contributed by atoms with Gasteiger partial charge in [-0.1, -0.05) is 13.0 Å². The molecule has 108 valence electrons. The molecule has 6 heteroatoms. The molecule has 20 heavy (non-hydrogen) atoms. The summed E-state index contributed by atoms with van der Waals surface area (Å²) in [6, 6.07) is 3.55. The van der Waals surface area contributed by atoms with Crippen LogP contribution < -0.4 is 5.32 Å². The summed E-state index contributed by atoms with van der Waals surface area (Å²) in [4.78, 5) is 13.2. The van der Waals surface area contributed by atoms with E-state index in [1.165, 1.54) is 12.0 Å². The molecule has 2 aromatic rings. The van der Waals surface area contributed by atoms with Crippen LogP contribution in [0.4, 0.5) is 0 Å². The number of ether oxygens (including phenoxy) is 1. The van der Waals surface area contributed by atoms with Gasteiger partial charge in [0, 0.05) is 30.2 Å². The minimum absolute atomic E-state index is 0.288. The van der Waals surface area contributed by atoms with Crippen LogP contribution in [0, 0.1) is 0 Å². The van der Waals surface area contributed by atoms with E-state index in [1.807, 2.05) is 37.7 Å². The number of carbonyl (C=O) groups is 1. The summed E-state index contributed by atoms with van der Waals surface area (Å²) in [7, 11) is 3.26. The topological polar surface area (TPSA) is 56.2 Å². The predicted octanol–water partition coefficient (Wildman–Crippen LogP) is 2.05. The first kappa shape index (κ1) is 14.7. The number of rotatable bonds is 6. The van der Waals surface area contributed by atoms with Gasteiger partial charge in [0.15, 0.2) is 0 Å². The molecule has 0 aliphatic rings. The molecule has 0 amide bonds. The van der Waals surface area contributed by atoms with Gasteiger partial charge in [-0.15, -0.1) is 11.3 Å². The van der Waals surface area contributed by atoms with E-state index in [2.05, 4.69) is 10.4 Å². The second kappa shape index (κ2) is 6.67.